The topological polar surface area (TPSA) is 154 Å². The molecule has 0 amide bonds. The smallest absolute Gasteiger partial charge is 0.337 e. The number of aliphatic hydroxyl groups excluding tert-OH is 2. The third-order valence-electron chi connectivity index (χ3n) is 3.14. The number of nitrogens with zero attached hydrogens (tertiary/aromatic N) is 2. The van der Waals surface area contributed by atoms with Crippen molar-refractivity contribution in [3.05, 3.63) is 29.8 Å². The van der Waals surface area contributed by atoms with Gasteiger partial charge in [-0.3, -0.25) is 0 Å². The molecule has 2 aromatic rings. The number of hydrogen-bond donors (Lipinski definition) is 4. The molecule has 0 fully saturated rings. The van der Waals surface area contributed by atoms with E-state index >= 15 is 0 Å². The second-order valence-corrected chi connectivity index (χ2v) is 4.97. The van der Waals surface area contributed by atoms with Crippen molar-refractivity contribution in [2.24, 2.45) is 0 Å². The van der Waals surface area contributed by atoms with E-state index in [9.17, 15) is 15.0 Å². The van der Waals surface area contributed by atoms with Crippen molar-refractivity contribution in [2.45, 2.75) is 19.3 Å². The molecule has 0 aliphatic rings. The molecular formula is C15H18N4O5. The molecular weight excluding hydrogens is 316 g/mol. The molecule has 0 aliphatic heterocycles. The predicted octanol–water partition coefficient (Wildman–Crippen LogP) is 0.173. The van der Waals surface area contributed by atoms with Crippen LogP contribution in [0.25, 0.3) is 11.1 Å². The summed E-state index contributed by atoms with van der Waals surface area (Å²) in [7, 11) is 1.27. The number of methoxy groups -OCH3 is 1. The molecule has 1 heterocycles. The van der Waals surface area contributed by atoms with Crippen molar-refractivity contribution >= 4 is 17.7 Å². The summed E-state index contributed by atoms with van der Waals surface area (Å²) in [4.78, 5) is 19.4. The Morgan fingerprint density at radius 3 is 2.58 bits per heavy atom. The summed E-state index contributed by atoms with van der Waals surface area (Å²) >= 11 is 0. The third-order valence-corrected chi connectivity index (χ3v) is 3.14. The van der Waals surface area contributed by atoms with Crippen molar-refractivity contribution in [3.8, 4) is 17.0 Å². The second kappa shape index (κ2) is 7.11. The van der Waals surface area contributed by atoms with Gasteiger partial charge in [0.2, 0.25) is 18.1 Å². The van der Waals surface area contributed by atoms with Crippen LogP contribution in [0.15, 0.2) is 24.3 Å². The first-order valence-corrected chi connectivity index (χ1v) is 6.98. The highest BCUT2D eigenvalue weighted by Gasteiger charge is 2.21. The molecule has 1 aromatic heterocycles. The van der Waals surface area contributed by atoms with Crippen molar-refractivity contribution in [1.82, 2.24) is 9.97 Å². The Morgan fingerprint density at radius 1 is 1.25 bits per heavy atom. The molecule has 0 radical (unpaired) electrons. The van der Waals surface area contributed by atoms with Crippen molar-refractivity contribution in [1.29, 1.82) is 0 Å². The van der Waals surface area contributed by atoms with E-state index in [0.29, 0.717) is 5.56 Å². The number of aliphatic hydroxyl groups is 2. The van der Waals surface area contributed by atoms with E-state index in [1.54, 1.807) is 18.2 Å². The Hall–Kier alpha value is -2.91. The standard InChI is InChI=1S/C15H18N4O5/c1-7(20)13(21)24-12-10(11(16)18-15(17)19-12)8-4-3-5-9(6-8)14(22)23-2/h3-7,13,20-21H,1-2H3,(H4,16,17,18,19)/t7-,13-/m1/s1. The van der Waals surface area contributed by atoms with Crippen LogP contribution in [0.2, 0.25) is 0 Å². The van der Waals surface area contributed by atoms with Crippen LogP contribution in [0.4, 0.5) is 11.8 Å². The SMILES string of the molecule is COC(=O)c1cccc(-c2c(N)nc(N)nc2O[C@@H](O)[C@@H](C)O)c1. The zero-order valence-electron chi connectivity index (χ0n) is 13.1. The molecule has 0 bridgehead atoms. The second-order valence-electron chi connectivity index (χ2n) is 4.97. The molecule has 6 N–H and O–H groups in total. The molecule has 0 saturated heterocycles. The highest BCUT2D eigenvalue weighted by Crippen LogP contribution is 2.34. The highest BCUT2D eigenvalue weighted by molar-refractivity contribution is 5.92. The van der Waals surface area contributed by atoms with E-state index in [-0.39, 0.29) is 28.8 Å². The van der Waals surface area contributed by atoms with Gasteiger partial charge in [-0.1, -0.05) is 12.1 Å². The number of esters is 1. The predicted molar refractivity (Wildman–Crippen MR) is 85.9 cm³/mol. The minimum Gasteiger partial charge on any atom is -0.465 e. The van der Waals surface area contributed by atoms with Crippen LogP contribution >= 0.6 is 0 Å². The number of aromatic nitrogens is 2. The number of rotatable bonds is 5. The molecule has 0 aliphatic carbocycles. The Bertz CT molecular complexity index is 751. The molecule has 0 spiro atoms. The third kappa shape index (κ3) is 3.70. The van der Waals surface area contributed by atoms with Crippen LogP contribution in [0.5, 0.6) is 5.88 Å². The Labute approximate surface area is 137 Å². The summed E-state index contributed by atoms with van der Waals surface area (Å²) in [6, 6.07) is 6.35. The lowest BCUT2D eigenvalue weighted by atomic mass is 10.0. The van der Waals surface area contributed by atoms with Gasteiger partial charge < -0.3 is 31.2 Å². The summed E-state index contributed by atoms with van der Waals surface area (Å²) in [6.07, 6.45) is -2.71. The van der Waals surface area contributed by atoms with Gasteiger partial charge in [-0.25, -0.2) is 4.79 Å². The van der Waals surface area contributed by atoms with Gasteiger partial charge >= 0.3 is 5.97 Å². The van der Waals surface area contributed by atoms with E-state index in [2.05, 4.69) is 14.7 Å². The number of hydrogen-bond acceptors (Lipinski definition) is 9. The molecule has 24 heavy (non-hydrogen) atoms. The van der Waals surface area contributed by atoms with Crippen LogP contribution in [0, 0.1) is 0 Å². The quantitative estimate of drug-likeness (QED) is 0.442. The molecule has 9 nitrogen and oxygen atoms in total. The van der Waals surface area contributed by atoms with Gasteiger partial charge in [0.25, 0.3) is 0 Å². The van der Waals surface area contributed by atoms with E-state index in [1.807, 2.05) is 0 Å². The maximum atomic E-state index is 11.7. The lowest BCUT2D eigenvalue weighted by Crippen LogP contribution is -2.29. The summed E-state index contributed by atoms with van der Waals surface area (Å²) in [5.41, 5.74) is 12.4. The summed E-state index contributed by atoms with van der Waals surface area (Å²) < 4.78 is 9.90. The van der Waals surface area contributed by atoms with Gasteiger partial charge in [-0.05, 0) is 24.6 Å². The van der Waals surface area contributed by atoms with Crippen molar-refractivity contribution in [3.63, 3.8) is 0 Å². The molecule has 0 saturated carbocycles. The van der Waals surface area contributed by atoms with E-state index in [0.717, 1.165) is 0 Å². The number of nitrogen functional groups attached to an aromatic ring is 2. The van der Waals surface area contributed by atoms with Crippen LogP contribution in [-0.4, -0.2) is 45.7 Å². The van der Waals surface area contributed by atoms with Crippen LogP contribution < -0.4 is 16.2 Å². The molecule has 1 aromatic carbocycles. The maximum Gasteiger partial charge on any atom is 0.337 e. The van der Waals surface area contributed by atoms with Gasteiger partial charge in [-0.2, -0.15) is 9.97 Å². The average molecular weight is 334 g/mol. The molecule has 128 valence electrons. The molecule has 9 heteroatoms. The molecule has 2 atom stereocenters. The fraction of sp³-hybridized carbons (Fsp3) is 0.267. The first kappa shape index (κ1) is 17.4. The van der Waals surface area contributed by atoms with Crippen LogP contribution in [-0.2, 0) is 4.74 Å². The van der Waals surface area contributed by atoms with Crippen molar-refractivity contribution < 1.29 is 24.5 Å². The fourth-order valence-corrected chi connectivity index (χ4v) is 1.96. The van der Waals surface area contributed by atoms with Gasteiger partial charge in [0.1, 0.15) is 11.9 Å². The highest BCUT2D eigenvalue weighted by atomic mass is 16.6. The first-order chi connectivity index (χ1) is 11.3. The molecule has 2 rings (SSSR count). The lowest BCUT2D eigenvalue weighted by Gasteiger charge is -2.18. The van der Waals surface area contributed by atoms with Crippen LogP contribution in [0.3, 0.4) is 0 Å². The van der Waals surface area contributed by atoms with E-state index < -0.39 is 18.4 Å². The number of ether oxygens (including phenoxy) is 2. The number of nitrogens with two attached hydrogens (primary N) is 2. The minimum absolute atomic E-state index is 0.00249. The first-order valence-electron chi connectivity index (χ1n) is 6.98. The van der Waals surface area contributed by atoms with Gasteiger partial charge in [-0.15, -0.1) is 0 Å². The number of carbonyl (C=O) groups excluding carboxylic acids is 1. The maximum absolute atomic E-state index is 11.7. The number of anilines is 2. The Kier molecular flexibility index (Phi) is 5.17. The minimum atomic E-state index is -1.54. The van der Waals surface area contributed by atoms with Crippen LogP contribution in [0.1, 0.15) is 17.3 Å². The lowest BCUT2D eigenvalue weighted by molar-refractivity contribution is -0.0976. The summed E-state index contributed by atoms with van der Waals surface area (Å²) in [6.45, 7) is 1.34. The van der Waals surface area contributed by atoms with Gasteiger partial charge in [0.05, 0.1) is 18.2 Å². The zero-order chi connectivity index (χ0) is 17.9. The number of benzene rings is 1. The van der Waals surface area contributed by atoms with Gasteiger partial charge in [0, 0.05) is 0 Å². The summed E-state index contributed by atoms with van der Waals surface area (Å²) in [5, 5.41) is 19.1. The van der Waals surface area contributed by atoms with E-state index in [1.165, 1.54) is 20.1 Å². The monoisotopic (exact) mass is 334 g/mol. The van der Waals surface area contributed by atoms with E-state index in [4.69, 9.17) is 16.2 Å². The normalized spacial score (nSPS) is 13.2. The van der Waals surface area contributed by atoms with Crippen molar-refractivity contribution in [2.75, 3.05) is 18.6 Å². The summed E-state index contributed by atoms with van der Waals surface area (Å²) in [5.74, 6) is -0.806. The fourth-order valence-electron chi connectivity index (χ4n) is 1.96. The Morgan fingerprint density at radius 2 is 1.96 bits per heavy atom. The largest absolute Gasteiger partial charge is 0.465 e. The number of carbonyl (C=O) groups is 1. The molecule has 0 unspecified atom stereocenters. The zero-order valence-corrected chi connectivity index (χ0v) is 13.1. The van der Waals surface area contributed by atoms with Gasteiger partial charge in [0.15, 0.2) is 0 Å². The Balaban J connectivity index is 2.55. The average Bonchev–Trinajstić information content (AvgIpc) is 2.53.